The summed E-state index contributed by atoms with van der Waals surface area (Å²) in [5.41, 5.74) is 2.24. The summed E-state index contributed by atoms with van der Waals surface area (Å²) in [5, 5.41) is 0. The van der Waals surface area contributed by atoms with Gasteiger partial charge in [-0.25, -0.2) is 0 Å². The maximum Gasteiger partial charge on any atom is 0.289 e. The zero-order valence-corrected chi connectivity index (χ0v) is 16.4. The third kappa shape index (κ3) is 4.08. The van der Waals surface area contributed by atoms with E-state index in [1.165, 1.54) is 18.4 Å². The molecule has 2 aliphatic rings. The number of carbonyl (C=O) groups excluding carboxylic acids is 1. The molecule has 4 heterocycles. The third-order valence-corrected chi connectivity index (χ3v) is 6.18. The lowest BCUT2D eigenvalue weighted by Crippen LogP contribution is -2.37. The number of piperidine rings is 1. The highest BCUT2D eigenvalue weighted by molar-refractivity contribution is 5.93. The van der Waals surface area contributed by atoms with E-state index in [0.717, 1.165) is 56.4 Å². The molecule has 2 aromatic heterocycles. The zero-order chi connectivity index (χ0) is 18.8. The van der Waals surface area contributed by atoms with Crippen LogP contribution in [0.25, 0.3) is 0 Å². The van der Waals surface area contributed by atoms with Gasteiger partial charge in [0.15, 0.2) is 5.76 Å². The van der Waals surface area contributed by atoms with E-state index in [0.29, 0.717) is 11.7 Å². The first kappa shape index (κ1) is 18.2. The molecule has 0 aliphatic carbocycles. The van der Waals surface area contributed by atoms with Gasteiger partial charge < -0.3 is 9.32 Å². The van der Waals surface area contributed by atoms with Crippen LogP contribution in [0.3, 0.4) is 0 Å². The second-order valence-corrected chi connectivity index (χ2v) is 8.14. The number of carbonyl (C=O) groups is 1. The van der Waals surface area contributed by atoms with Crippen LogP contribution in [-0.4, -0.2) is 46.9 Å². The standard InChI is InChI=1S/C22H29N3O2/c1-16-12-17(2)27-21(16)22(26)25-11-7-20(15-25)19-5-9-24(10-6-19)14-18-4-3-8-23-13-18/h3-4,8,12-13,19-20H,5-7,9-11,14-15H2,1-2H3. The van der Waals surface area contributed by atoms with Crippen LogP contribution in [0.5, 0.6) is 0 Å². The molecule has 2 fully saturated rings. The van der Waals surface area contributed by atoms with Crippen LogP contribution in [0.1, 0.15) is 46.7 Å². The van der Waals surface area contributed by atoms with Crippen LogP contribution in [0.4, 0.5) is 0 Å². The molecule has 27 heavy (non-hydrogen) atoms. The summed E-state index contributed by atoms with van der Waals surface area (Å²) in [6.45, 7) is 8.86. The van der Waals surface area contributed by atoms with Gasteiger partial charge in [0.05, 0.1) is 0 Å². The molecule has 2 saturated heterocycles. The summed E-state index contributed by atoms with van der Waals surface area (Å²) in [7, 11) is 0. The van der Waals surface area contributed by atoms with Gasteiger partial charge in [0, 0.05) is 37.6 Å². The van der Waals surface area contributed by atoms with Gasteiger partial charge in [0.1, 0.15) is 5.76 Å². The van der Waals surface area contributed by atoms with Crippen molar-refractivity contribution in [3.63, 3.8) is 0 Å². The molecule has 144 valence electrons. The van der Waals surface area contributed by atoms with Crippen LogP contribution < -0.4 is 0 Å². The predicted molar refractivity (Wildman–Crippen MR) is 104 cm³/mol. The summed E-state index contributed by atoms with van der Waals surface area (Å²) in [6.07, 6.45) is 7.37. The third-order valence-electron chi connectivity index (χ3n) is 6.18. The second-order valence-electron chi connectivity index (χ2n) is 8.14. The Hall–Kier alpha value is -2.14. The molecule has 2 aromatic rings. The van der Waals surface area contributed by atoms with E-state index in [1.807, 2.05) is 43.3 Å². The Morgan fingerprint density at radius 3 is 2.63 bits per heavy atom. The molecule has 0 aromatic carbocycles. The van der Waals surface area contributed by atoms with Crippen molar-refractivity contribution in [2.75, 3.05) is 26.2 Å². The molecule has 0 N–H and O–H groups in total. The lowest BCUT2D eigenvalue weighted by atomic mass is 9.83. The van der Waals surface area contributed by atoms with Gasteiger partial charge in [-0.1, -0.05) is 6.07 Å². The van der Waals surface area contributed by atoms with E-state index < -0.39 is 0 Å². The smallest absolute Gasteiger partial charge is 0.289 e. The van der Waals surface area contributed by atoms with Crippen LogP contribution in [0.15, 0.2) is 35.0 Å². The molecule has 1 atom stereocenters. The van der Waals surface area contributed by atoms with Gasteiger partial charge in [-0.15, -0.1) is 0 Å². The number of furan rings is 1. The highest BCUT2D eigenvalue weighted by atomic mass is 16.4. The minimum Gasteiger partial charge on any atom is -0.456 e. The highest BCUT2D eigenvalue weighted by Gasteiger charge is 2.35. The van der Waals surface area contributed by atoms with Gasteiger partial charge in [-0.2, -0.15) is 0 Å². The first-order valence-electron chi connectivity index (χ1n) is 10.1. The summed E-state index contributed by atoms with van der Waals surface area (Å²) in [6, 6.07) is 6.10. The fourth-order valence-electron chi connectivity index (χ4n) is 4.69. The van der Waals surface area contributed by atoms with Crippen LogP contribution in [0, 0.1) is 25.7 Å². The minimum absolute atomic E-state index is 0.0668. The lowest BCUT2D eigenvalue weighted by Gasteiger charge is -2.34. The first-order valence-corrected chi connectivity index (χ1v) is 10.1. The number of aryl methyl sites for hydroxylation is 2. The Labute approximate surface area is 161 Å². The van der Waals surface area contributed by atoms with Crippen molar-refractivity contribution in [3.05, 3.63) is 53.2 Å². The molecule has 5 heteroatoms. The number of nitrogens with zero attached hydrogens (tertiary/aromatic N) is 3. The number of hydrogen-bond acceptors (Lipinski definition) is 4. The minimum atomic E-state index is 0.0668. The summed E-state index contributed by atoms with van der Waals surface area (Å²) >= 11 is 0. The Morgan fingerprint density at radius 1 is 1.19 bits per heavy atom. The molecule has 5 nitrogen and oxygen atoms in total. The van der Waals surface area contributed by atoms with Crippen LogP contribution >= 0.6 is 0 Å². The Balaban J connectivity index is 1.29. The van der Waals surface area contributed by atoms with E-state index in [-0.39, 0.29) is 5.91 Å². The zero-order valence-electron chi connectivity index (χ0n) is 16.4. The van der Waals surface area contributed by atoms with Crippen molar-refractivity contribution >= 4 is 5.91 Å². The SMILES string of the molecule is Cc1cc(C)c(C(=O)N2CCC(C3CCN(Cc4cccnc4)CC3)C2)o1. The molecule has 1 amide bonds. The van der Waals surface area contributed by atoms with Crippen molar-refractivity contribution in [1.82, 2.24) is 14.8 Å². The normalized spacial score (nSPS) is 21.7. The van der Waals surface area contributed by atoms with Crippen LogP contribution in [0.2, 0.25) is 0 Å². The molecule has 4 rings (SSSR count). The molecule has 0 radical (unpaired) electrons. The fourth-order valence-corrected chi connectivity index (χ4v) is 4.69. The van der Waals surface area contributed by atoms with Crippen LogP contribution in [-0.2, 0) is 6.54 Å². The molecule has 0 spiro atoms. The number of hydrogen-bond donors (Lipinski definition) is 0. The highest BCUT2D eigenvalue weighted by Crippen LogP contribution is 2.33. The monoisotopic (exact) mass is 367 g/mol. The van der Waals surface area contributed by atoms with Gasteiger partial charge in [0.25, 0.3) is 5.91 Å². The van der Waals surface area contributed by atoms with E-state index in [9.17, 15) is 4.79 Å². The van der Waals surface area contributed by atoms with E-state index in [1.54, 1.807) is 0 Å². The predicted octanol–water partition coefficient (Wildman–Crippen LogP) is 3.67. The Morgan fingerprint density at radius 2 is 1.96 bits per heavy atom. The second kappa shape index (κ2) is 7.85. The summed E-state index contributed by atoms with van der Waals surface area (Å²) in [4.78, 5) is 21.5. The topological polar surface area (TPSA) is 49.6 Å². The largest absolute Gasteiger partial charge is 0.456 e. The van der Waals surface area contributed by atoms with Gasteiger partial charge in [0.2, 0.25) is 0 Å². The van der Waals surface area contributed by atoms with Gasteiger partial charge in [-0.05, 0) is 75.7 Å². The van der Waals surface area contributed by atoms with Crippen molar-refractivity contribution in [3.8, 4) is 0 Å². The number of rotatable bonds is 4. The van der Waals surface area contributed by atoms with Crippen molar-refractivity contribution in [2.45, 2.75) is 39.7 Å². The maximum absolute atomic E-state index is 12.8. The molecular weight excluding hydrogens is 338 g/mol. The average Bonchev–Trinajstić information content (AvgIpc) is 3.29. The number of pyridine rings is 1. The number of likely N-dealkylation sites (tertiary alicyclic amines) is 2. The summed E-state index contributed by atoms with van der Waals surface area (Å²) in [5.74, 6) is 2.77. The Bertz CT molecular complexity index is 778. The quantitative estimate of drug-likeness (QED) is 0.827. The van der Waals surface area contributed by atoms with E-state index >= 15 is 0 Å². The van der Waals surface area contributed by atoms with E-state index in [2.05, 4.69) is 16.0 Å². The van der Waals surface area contributed by atoms with Gasteiger partial charge >= 0.3 is 0 Å². The first-order chi connectivity index (χ1) is 13.1. The Kier molecular flexibility index (Phi) is 5.30. The van der Waals surface area contributed by atoms with Crippen molar-refractivity contribution in [2.24, 2.45) is 11.8 Å². The molecule has 2 aliphatic heterocycles. The van der Waals surface area contributed by atoms with E-state index in [4.69, 9.17) is 4.42 Å². The van der Waals surface area contributed by atoms with Gasteiger partial charge in [-0.3, -0.25) is 14.7 Å². The molecule has 1 unspecified atom stereocenters. The maximum atomic E-state index is 12.8. The molecular formula is C22H29N3O2. The molecule has 0 saturated carbocycles. The average molecular weight is 367 g/mol. The fraction of sp³-hybridized carbons (Fsp3) is 0.545. The lowest BCUT2D eigenvalue weighted by molar-refractivity contribution is 0.0739. The number of amides is 1. The molecule has 0 bridgehead atoms. The number of aromatic nitrogens is 1. The summed E-state index contributed by atoms with van der Waals surface area (Å²) < 4.78 is 5.64. The van der Waals surface area contributed by atoms with Crippen molar-refractivity contribution < 1.29 is 9.21 Å². The van der Waals surface area contributed by atoms with Crippen molar-refractivity contribution in [1.29, 1.82) is 0 Å².